The first-order valence-corrected chi connectivity index (χ1v) is 7.00. The molecule has 1 N–H and O–H groups in total. The predicted molar refractivity (Wildman–Crippen MR) is 72.7 cm³/mol. The number of rotatable bonds is 5. The highest BCUT2D eigenvalue weighted by Gasteiger charge is 2.37. The number of aliphatic hydroxyl groups excluding tert-OH is 1. The van der Waals surface area contributed by atoms with Crippen LogP contribution in [0.3, 0.4) is 0 Å². The standard InChI is InChI=1S/C13H16F3NO2S/c1-17(2)12(19)10-5-3-4-9(6-10)7-20-8-11(18)13(14,15)16/h3-6,11,18H,7-8H2,1-2H3/t11-/m0/s1. The molecule has 0 fully saturated rings. The third kappa shape index (κ3) is 5.05. The van der Waals surface area contributed by atoms with Crippen molar-refractivity contribution in [2.24, 2.45) is 0 Å². The van der Waals surface area contributed by atoms with Crippen LogP contribution in [0, 0.1) is 0 Å². The molecule has 1 aromatic carbocycles. The van der Waals surface area contributed by atoms with E-state index in [4.69, 9.17) is 5.11 Å². The van der Waals surface area contributed by atoms with Gasteiger partial charge in [-0.2, -0.15) is 24.9 Å². The van der Waals surface area contributed by atoms with E-state index < -0.39 is 18.0 Å². The van der Waals surface area contributed by atoms with Crippen molar-refractivity contribution < 1.29 is 23.1 Å². The zero-order valence-corrected chi connectivity index (χ0v) is 12.0. The topological polar surface area (TPSA) is 40.5 Å². The fraction of sp³-hybridized carbons (Fsp3) is 0.462. The molecule has 0 saturated carbocycles. The lowest BCUT2D eigenvalue weighted by atomic mass is 10.1. The Balaban J connectivity index is 2.57. The van der Waals surface area contributed by atoms with Gasteiger partial charge >= 0.3 is 6.18 Å². The van der Waals surface area contributed by atoms with Gasteiger partial charge in [-0.05, 0) is 17.7 Å². The lowest BCUT2D eigenvalue weighted by Gasteiger charge is -2.14. The Kier molecular flexibility index (Phi) is 5.88. The zero-order valence-electron chi connectivity index (χ0n) is 11.1. The number of aliphatic hydroxyl groups is 1. The molecule has 0 spiro atoms. The molecule has 0 aromatic heterocycles. The number of benzene rings is 1. The minimum atomic E-state index is -4.59. The van der Waals surface area contributed by atoms with E-state index >= 15 is 0 Å². The summed E-state index contributed by atoms with van der Waals surface area (Å²) in [6.45, 7) is 0. The first-order chi connectivity index (χ1) is 9.21. The van der Waals surface area contributed by atoms with Crippen LogP contribution in [0.1, 0.15) is 15.9 Å². The zero-order chi connectivity index (χ0) is 15.3. The van der Waals surface area contributed by atoms with Crippen molar-refractivity contribution in [3.05, 3.63) is 35.4 Å². The first kappa shape index (κ1) is 16.8. The summed E-state index contributed by atoms with van der Waals surface area (Å²) in [5.41, 5.74) is 1.24. The number of nitrogens with zero attached hydrogens (tertiary/aromatic N) is 1. The molecule has 0 saturated heterocycles. The molecule has 112 valence electrons. The first-order valence-electron chi connectivity index (χ1n) is 5.85. The molecule has 7 heteroatoms. The molecule has 0 unspecified atom stereocenters. The van der Waals surface area contributed by atoms with Gasteiger partial charge in [0.2, 0.25) is 0 Å². The molecular formula is C13H16F3NO2S. The third-order valence-electron chi connectivity index (χ3n) is 2.50. The van der Waals surface area contributed by atoms with E-state index in [0.29, 0.717) is 11.3 Å². The van der Waals surface area contributed by atoms with Crippen LogP contribution in [0.2, 0.25) is 0 Å². The van der Waals surface area contributed by atoms with Crippen LogP contribution in [-0.4, -0.2) is 48.0 Å². The van der Waals surface area contributed by atoms with Crippen LogP contribution in [0.5, 0.6) is 0 Å². The van der Waals surface area contributed by atoms with Crippen LogP contribution < -0.4 is 0 Å². The Morgan fingerprint density at radius 2 is 2.05 bits per heavy atom. The summed E-state index contributed by atoms with van der Waals surface area (Å²) in [6.07, 6.45) is -6.91. The van der Waals surface area contributed by atoms with Gasteiger partial charge in [-0.15, -0.1) is 0 Å². The lowest BCUT2D eigenvalue weighted by Crippen LogP contribution is -2.30. The van der Waals surface area contributed by atoms with Gasteiger partial charge in [0.15, 0.2) is 6.10 Å². The van der Waals surface area contributed by atoms with Crippen molar-refractivity contribution in [2.75, 3.05) is 19.8 Å². The summed E-state index contributed by atoms with van der Waals surface area (Å²) in [5, 5.41) is 8.87. The molecule has 1 rings (SSSR count). The molecule has 1 aromatic rings. The Labute approximate surface area is 119 Å². The van der Waals surface area contributed by atoms with Crippen LogP contribution >= 0.6 is 11.8 Å². The number of hydrogen-bond donors (Lipinski definition) is 1. The summed E-state index contributed by atoms with van der Waals surface area (Å²) < 4.78 is 36.4. The third-order valence-corrected chi connectivity index (χ3v) is 3.59. The van der Waals surface area contributed by atoms with E-state index in [2.05, 4.69) is 0 Å². The monoisotopic (exact) mass is 307 g/mol. The van der Waals surface area contributed by atoms with Gasteiger partial charge in [-0.1, -0.05) is 12.1 Å². The Hall–Kier alpha value is -1.21. The van der Waals surface area contributed by atoms with E-state index in [0.717, 1.165) is 17.3 Å². The number of halogens is 3. The average molecular weight is 307 g/mol. The highest BCUT2D eigenvalue weighted by atomic mass is 32.2. The fourth-order valence-corrected chi connectivity index (χ4v) is 2.38. The second-order valence-electron chi connectivity index (χ2n) is 4.47. The smallest absolute Gasteiger partial charge is 0.383 e. The van der Waals surface area contributed by atoms with Gasteiger partial charge in [0.1, 0.15) is 0 Å². The molecule has 0 aliphatic carbocycles. The van der Waals surface area contributed by atoms with Crippen LogP contribution in [0.4, 0.5) is 13.2 Å². The summed E-state index contributed by atoms with van der Waals surface area (Å²) >= 11 is 0.975. The van der Waals surface area contributed by atoms with E-state index in [-0.39, 0.29) is 5.91 Å². The lowest BCUT2D eigenvalue weighted by molar-refractivity contribution is -0.195. The highest BCUT2D eigenvalue weighted by molar-refractivity contribution is 7.98. The number of carbonyl (C=O) groups excluding carboxylic acids is 1. The van der Waals surface area contributed by atoms with Gasteiger partial charge in [0.25, 0.3) is 5.91 Å². The van der Waals surface area contributed by atoms with Crippen molar-refractivity contribution in [3.63, 3.8) is 0 Å². The summed E-state index contributed by atoms with van der Waals surface area (Å²) in [7, 11) is 3.26. The quantitative estimate of drug-likeness (QED) is 0.909. The van der Waals surface area contributed by atoms with Crippen molar-refractivity contribution in [3.8, 4) is 0 Å². The Bertz CT molecular complexity index is 463. The number of carbonyl (C=O) groups is 1. The summed E-state index contributed by atoms with van der Waals surface area (Å²) in [6, 6.07) is 6.72. The van der Waals surface area contributed by atoms with Crippen molar-refractivity contribution in [2.45, 2.75) is 18.0 Å². The molecule has 20 heavy (non-hydrogen) atoms. The summed E-state index contributed by atoms with van der Waals surface area (Å²) in [4.78, 5) is 13.2. The largest absolute Gasteiger partial charge is 0.415 e. The highest BCUT2D eigenvalue weighted by Crippen LogP contribution is 2.24. The van der Waals surface area contributed by atoms with Gasteiger partial charge in [-0.25, -0.2) is 0 Å². The Morgan fingerprint density at radius 1 is 1.40 bits per heavy atom. The van der Waals surface area contributed by atoms with Gasteiger partial charge < -0.3 is 10.0 Å². The second kappa shape index (κ2) is 6.99. The molecule has 0 heterocycles. The van der Waals surface area contributed by atoms with E-state index in [1.807, 2.05) is 0 Å². The average Bonchev–Trinajstić information content (AvgIpc) is 2.36. The van der Waals surface area contributed by atoms with Crippen molar-refractivity contribution in [1.82, 2.24) is 4.90 Å². The van der Waals surface area contributed by atoms with Crippen LogP contribution in [-0.2, 0) is 5.75 Å². The maximum atomic E-state index is 12.1. The number of amides is 1. The number of alkyl halides is 3. The SMILES string of the molecule is CN(C)C(=O)c1cccc(CSC[C@H](O)C(F)(F)F)c1. The minimum absolute atomic E-state index is 0.160. The second-order valence-corrected chi connectivity index (χ2v) is 5.50. The van der Waals surface area contributed by atoms with Crippen molar-refractivity contribution >= 4 is 17.7 Å². The Morgan fingerprint density at radius 3 is 2.60 bits per heavy atom. The van der Waals surface area contributed by atoms with Crippen LogP contribution in [0.25, 0.3) is 0 Å². The van der Waals surface area contributed by atoms with E-state index in [9.17, 15) is 18.0 Å². The number of thioether (sulfide) groups is 1. The molecule has 3 nitrogen and oxygen atoms in total. The van der Waals surface area contributed by atoms with Gasteiger partial charge in [-0.3, -0.25) is 4.79 Å². The molecule has 1 atom stereocenters. The fourth-order valence-electron chi connectivity index (χ4n) is 1.44. The molecule has 0 aliphatic rings. The molecule has 1 amide bonds. The maximum Gasteiger partial charge on any atom is 0.415 e. The van der Waals surface area contributed by atoms with Gasteiger partial charge in [0.05, 0.1) is 0 Å². The normalized spacial score (nSPS) is 13.1. The van der Waals surface area contributed by atoms with Crippen LogP contribution in [0.15, 0.2) is 24.3 Å². The molecule has 0 radical (unpaired) electrons. The summed E-state index contributed by atoms with van der Waals surface area (Å²) in [5.74, 6) is -0.274. The van der Waals surface area contributed by atoms with E-state index in [1.165, 1.54) is 4.90 Å². The molecule has 0 aliphatic heterocycles. The maximum absolute atomic E-state index is 12.1. The van der Waals surface area contributed by atoms with Gasteiger partial charge in [0, 0.05) is 31.2 Å². The minimum Gasteiger partial charge on any atom is -0.383 e. The molecule has 0 bridgehead atoms. The number of hydrogen-bond acceptors (Lipinski definition) is 3. The van der Waals surface area contributed by atoms with E-state index in [1.54, 1.807) is 38.4 Å². The molecular weight excluding hydrogens is 291 g/mol. The predicted octanol–water partition coefficient (Wildman–Crippen LogP) is 2.54. The van der Waals surface area contributed by atoms with Crippen molar-refractivity contribution in [1.29, 1.82) is 0 Å².